The largest absolute Gasteiger partial charge is 0.542 e. The maximum atomic E-state index is 13.9. The third-order valence-electron chi connectivity index (χ3n) is 4.09. The molecule has 0 aliphatic rings. The van der Waals surface area contributed by atoms with Crippen LogP contribution in [0, 0.1) is 5.82 Å². The molecule has 0 saturated heterocycles. The summed E-state index contributed by atoms with van der Waals surface area (Å²) >= 11 is 0. The third kappa shape index (κ3) is 3.29. The van der Waals surface area contributed by atoms with Crippen LogP contribution in [0.1, 0.15) is 20.8 Å². The lowest BCUT2D eigenvalue weighted by molar-refractivity contribution is 0.492. The molecule has 0 atom stereocenters. The van der Waals surface area contributed by atoms with Gasteiger partial charge in [-0.15, -0.1) is 0 Å². The third-order valence-corrected chi connectivity index (χ3v) is 8.45. The predicted octanol–water partition coefficient (Wildman–Crippen LogP) is 4.58. The van der Waals surface area contributed by atoms with E-state index in [2.05, 4.69) is 33.9 Å². The van der Waals surface area contributed by atoms with E-state index in [1.807, 2.05) is 12.3 Å². The second-order valence-corrected chi connectivity index (χ2v) is 11.6. The molecule has 21 heavy (non-hydrogen) atoms. The van der Waals surface area contributed by atoms with Gasteiger partial charge >= 0.3 is 0 Å². The summed E-state index contributed by atoms with van der Waals surface area (Å²) in [5, 5.41) is 0.127. The number of hydrogen-bond donors (Lipinski definition) is 1. The molecule has 2 N–H and O–H groups in total. The summed E-state index contributed by atoms with van der Waals surface area (Å²) in [6.07, 6.45) is 3.62. The van der Waals surface area contributed by atoms with Gasteiger partial charge in [0.2, 0.25) is 0 Å². The molecule has 0 bridgehead atoms. The molecule has 0 saturated carbocycles. The van der Waals surface area contributed by atoms with Gasteiger partial charge in [-0.3, -0.25) is 0 Å². The van der Waals surface area contributed by atoms with Crippen molar-refractivity contribution < 1.29 is 8.82 Å². The molecule has 0 amide bonds. The second kappa shape index (κ2) is 5.22. The van der Waals surface area contributed by atoms with E-state index in [9.17, 15) is 4.39 Å². The normalized spacial score (nSPS) is 12.5. The molecule has 1 aromatic heterocycles. The van der Waals surface area contributed by atoms with E-state index >= 15 is 0 Å². The smallest absolute Gasteiger partial charge is 0.250 e. The van der Waals surface area contributed by atoms with E-state index in [0.29, 0.717) is 11.4 Å². The molecule has 3 nitrogen and oxygen atoms in total. The molecule has 114 valence electrons. The van der Waals surface area contributed by atoms with Crippen molar-refractivity contribution in [3.63, 3.8) is 0 Å². The van der Waals surface area contributed by atoms with E-state index in [1.165, 1.54) is 6.07 Å². The Bertz CT molecular complexity index is 644. The predicted molar refractivity (Wildman–Crippen MR) is 88.0 cm³/mol. The minimum Gasteiger partial charge on any atom is -0.542 e. The Balaban J connectivity index is 2.26. The molecule has 0 aliphatic heterocycles. The van der Waals surface area contributed by atoms with Crippen molar-refractivity contribution in [2.75, 3.05) is 5.73 Å². The minimum atomic E-state index is -1.88. The lowest BCUT2D eigenvalue weighted by Crippen LogP contribution is -2.43. The fourth-order valence-electron chi connectivity index (χ4n) is 1.77. The highest BCUT2D eigenvalue weighted by Crippen LogP contribution is 2.37. The van der Waals surface area contributed by atoms with E-state index in [4.69, 9.17) is 10.2 Å². The fraction of sp³-hybridized carbons (Fsp3) is 0.375. The molecule has 5 heteroatoms. The molecular weight excluding hydrogens is 283 g/mol. The van der Waals surface area contributed by atoms with Crippen LogP contribution in [0.2, 0.25) is 18.1 Å². The maximum Gasteiger partial charge on any atom is 0.250 e. The lowest BCUT2D eigenvalue weighted by atomic mass is 10.2. The Kier molecular flexibility index (Phi) is 3.89. The lowest BCUT2D eigenvalue weighted by Gasteiger charge is -2.36. The molecule has 2 aromatic rings. The first-order valence-electron chi connectivity index (χ1n) is 7.02. The zero-order chi connectivity index (χ0) is 15.8. The first-order valence-corrected chi connectivity index (χ1v) is 9.93. The van der Waals surface area contributed by atoms with Crippen molar-refractivity contribution in [1.29, 1.82) is 0 Å². The van der Waals surface area contributed by atoms with Crippen molar-refractivity contribution in [1.82, 2.24) is 4.57 Å². The van der Waals surface area contributed by atoms with Crippen LogP contribution in [0.15, 0.2) is 36.7 Å². The molecule has 1 heterocycles. The van der Waals surface area contributed by atoms with Crippen molar-refractivity contribution in [2.24, 2.45) is 0 Å². The number of halogens is 1. The number of nitrogens with two attached hydrogens (primary N) is 1. The molecule has 0 radical (unpaired) electrons. The van der Waals surface area contributed by atoms with Gasteiger partial charge in [0.15, 0.2) is 0 Å². The Morgan fingerprint density at radius 3 is 2.43 bits per heavy atom. The van der Waals surface area contributed by atoms with Crippen LogP contribution in [0.25, 0.3) is 5.69 Å². The highest BCUT2D eigenvalue weighted by molar-refractivity contribution is 6.74. The van der Waals surface area contributed by atoms with Crippen LogP contribution in [0.3, 0.4) is 0 Å². The first-order chi connectivity index (χ1) is 9.60. The highest BCUT2D eigenvalue weighted by atomic mass is 28.4. The number of anilines is 1. The van der Waals surface area contributed by atoms with Crippen LogP contribution >= 0.6 is 0 Å². The van der Waals surface area contributed by atoms with Gasteiger partial charge in [0.25, 0.3) is 8.32 Å². The summed E-state index contributed by atoms with van der Waals surface area (Å²) in [6.45, 7) is 10.9. The van der Waals surface area contributed by atoms with E-state index in [0.717, 1.165) is 5.75 Å². The molecule has 0 unspecified atom stereocenters. The van der Waals surface area contributed by atoms with Crippen molar-refractivity contribution in [3.8, 4) is 11.4 Å². The van der Waals surface area contributed by atoms with Crippen molar-refractivity contribution >= 4 is 14.0 Å². The zero-order valence-corrected chi connectivity index (χ0v) is 14.3. The molecule has 0 aliphatic carbocycles. The van der Waals surface area contributed by atoms with Gasteiger partial charge in [-0.1, -0.05) is 20.8 Å². The second-order valence-electron chi connectivity index (χ2n) is 6.83. The van der Waals surface area contributed by atoms with Crippen LogP contribution in [0.5, 0.6) is 5.75 Å². The van der Waals surface area contributed by atoms with E-state index in [1.54, 1.807) is 22.9 Å². The average Bonchev–Trinajstić information content (AvgIpc) is 2.74. The zero-order valence-electron chi connectivity index (χ0n) is 13.3. The fourth-order valence-corrected chi connectivity index (χ4v) is 2.78. The Morgan fingerprint density at radius 1 is 1.19 bits per heavy atom. The number of nitrogens with zero attached hydrogens (tertiary/aromatic N) is 1. The van der Waals surface area contributed by atoms with Gasteiger partial charge in [-0.05, 0) is 42.4 Å². The summed E-state index contributed by atoms with van der Waals surface area (Å²) in [5.74, 6) is 0.433. The summed E-state index contributed by atoms with van der Waals surface area (Å²) < 4.78 is 21.9. The van der Waals surface area contributed by atoms with Gasteiger partial charge in [0.1, 0.15) is 11.6 Å². The van der Waals surface area contributed by atoms with Crippen LogP contribution in [-0.2, 0) is 0 Å². The van der Waals surface area contributed by atoms with E-state index in [-0.39, 0.29) is 10.9 Å². The Labute approximate surface area is 126 Å². The van der Waals surface area contributed by atoms with Crippen LogP contribution in [0.4, 0.5) is 10.1 Å². The number of rotatable bonds is 3. The number of benzene rings is 1. The number of aromatic nitrogens is 1. The van der Waals surface area contributed by atoms with Crippen LogP contribution in [-0.4, -0.2) is 12.9 Å². The first kappa shape index (κ1) is 15.6. The standard InChI is InChI=1S/C16H23FN2OSi/c1-16(2,3)21(4,5)20-13-8-9-19(11-13)15-7-6-12(18)10-14(15)17/h6-11H,18H2,1-5H3. The number of nitrogen functional groups attached to an aromatic ring is 1. The van der Waals surface area contributed by atoms with Crippen molar-refractivity contribution in [3.05, 3.63) is 42.5 Å². The molecule has 0 fully saturated rings. The van der Waals surface area contributed by atoms with Crippen molar-refractivity contribution in [2.45, 2.75) is 38.9 Å². The number of hydrogen-bond acceptors (Lipinski definition) is 2. The summed E-state index contributed by atoms with van der Waals surface area (Å²) in [6, 6.07) is 6.55. The Hall–Kier alpha value is -1.75. The quantitative estimate of drug-likeness (QED) is 0.666. The Morgan fingerprint density at radius 2 is 1.86 bits per heavy atom. The molecule has 2 rings (SSSR count). The summed E-state index contributed by atoms with van der Waals surface area (Å²) in [5.41, 5.74) is 6.46. The minimum absolute atomic E-state index is 0.127. The highest BCUT2D eigenvalue weighted by Gasteiger charge is 2.39. The average molecular weight is 306 g/mol. The monoisotopic (exact) mass is 306 g/mol. The molecule has 1 aromatic carbocycles. The van der Waals surface area contributed by atoms with Gasteiger partial charge in [-0.2, -0.15) is 0 Å². The topological polar surface area (TPSA) is 40.2 Å². The van der Waals surface area contributed by atoms with Gasteiger partial charge in [0.05, 0.1) is 5.69 Å². The van der Waals surface area contributed by atoms with Crippen LogP contribution < -0.4 is 10.2 Å². The summed E-state index contributed by atoms with van der Waals surface area (Å²) in [7, 11) is -1.88. The van der Waals surface area contributed by atoms with E-state index < -0.39 is 8.32 Å². The van der Waals surface area contributed by atoms with Gasteiger partial charge in [-0.25, -0.2) is 4.39 Å². The molecule has 0 spiro atoms. The van der Waals surface area contributed by atoms with Gasteiger partial charge < -0.3 is 14.7 Å². The molecular formula is C16H23FN2OSi. The maximum absolute atomic E-state index is 13.9. The SMILES string of the molecule is CC(C)(C)[Si](C)(C)Oc1ccn(-c2ccc(N)cc2F)c1. The van der Waals surface area contributed by atoms with Gasteiger partial charge in [0, 0.05) is 18.1 Å². The summed E-state index contributed by atoms with van der Waals surface area (Å²) in [4.78, 5) is 0.